The van der Waals surface area contributed by atoms with Gasteiger partial charge in [-0.2, -0.15) is 4.37 Å². The first-order chi connectivity index (χ1) is 5.06. The fourth-order valence-electron chi connectivity index (χ4n) is 0.528. The smallest absolute Gasteiger partial charge is 0.221 e. The van der Waals surface area contributed by atoms with Crippen LogP contribution in [0.1, 0.15) is 12.7 Å². The van der Waals surface area contributed by atoms with Crippen LogP contribution in [0.2, 0.25) is 0 Å². The highest BCUT2D eigenvalue weighted by molar-refractivity contribution is 7.93. The van der Waals surface area contributed by atoms with Gasteiger partial charge in [0.05, 0.1) is 5.75 Å². The lowest BCUT2D eigenvalue weighted by molar-refractivity contribution is 0.596. The number of aromatic nitrogens is 2. The van der Waals surface area contributed by atoms with E-state index in [4.69, 9.17) is 0 Å². The molecule has 0 spiro atoms. The molecule has 0 aliphatic carbocycles. The summed E-state index contributed by atoms with van der Waals surface area (Å²) in [4.78, 5) is 3.77. The van der Waals surface area contributed by atoms with Crippen molar-refractivity contribution < 1.29 is 8.42 Å². The molecule has 1 aromatic rings. The normalized spacial score (nSPS) is 11.8. The quantitative estimate of drug-likeness (QED) is 0.690. The first kappa shape index (κ1) is 8.61. The zero-order chi connectivity index (χ0) is 8.48. The summed E-state index contributed by atoms with van der Waals surface area (Å²) in [6.07, 6.45) is 0. The average molecular weight is 192 g/mol. The zero-order valence-corrected chi connectivity index (χ0v) is 7.87. The predicted octanol–water partition coefficient (Wildman–Crippen LogP) is 0.640. The van der Waals surface area contributed by atoms with Crippen molar-refractivity contribution >= 4 is 21.4 Å². The first-order valence-electron chi connectivity index (χ1n) is 3.09. The van der Waals surface area contributed by atoms with Crippen molar-refractivity contribution in [1.29, 1.82) is 0 Å². The summed E-state index contributed by atoms with van der Waals surface area (Å²) in [6, 6.07) is 0. The number of nitrogens with zero attached hydrogens (tertiary/aromatic N) is 2. The Morgan fingerprint density at radius 2 is 2.18 bits per heavy atom. The molecule has 0 aromatic carbocycles. The summed E-state index contributed by atoms with van der Waals surface area (Å²) in [6.45, 7) is 3.26. The van der Waals surface area contributed by atoms with Gasteiger partial charge in [-0.25, -0.2) is 13.4 Å². The summed E-state index contributed by atoms with van der Waals surface area (Å²) in [5.41, 5.74) is 0. The van der Waals surface area contributed by atoms with Gasteiger partial charge in [-0.15, -0.1) is 0 Å². The van der Waals surface area contributed by atoms with E-state index in [0.29, 0.717) is 5.82 Å². The Bertz CT molecular complexity index is 341. The number of sulfone groups is 1. The van der Waals surface area contributed by atoms with E-state index < -0.39 is 9.84 Å². The van der Waals surface area contributed by atoms with Crippen LogP contribution in [0.5, 0.6) is 0 Å². The van der Waals surface area contributed by atoms with Crippen LogP contribution in [0, 0.1) is 6.92 Å². The molecule has 1 aromatic heterocycles. The van der Waals surface area contributed by atoms with Crippen LogP contribution in [-0.4, -0.2) is 23.5 Å². The highest BCUT2D eigenvalue weighted by Crippen LogP contribution is 2.12. The first-order valence-corrected chi connectivity index (χ1v) is 5.52. The van der Waals surface area contributed by atoms with Gasteiger partial charge in [0.25, 0.3) is 0 Å². The van der Waals surface area contributed by atoms with Crippen molar-refractivity contribution in [2.75, 3.05) is 5.75 Å². The molecule has 0 saturated carbocycles. The third-order valence-electron chi connectivity index (χ3n) is 1.16. The summed E-state index contributed by atoms with van der Waals surface area (Å²) in [7, 11) is -3.13. The molecule has 1 rings (SSSR count). The van der Waals surface area contributed by atoms with E-state index in [0.717, 1.165) is 11.5 Å². The SMILES string of the molecule is CCS(=O)(=O)c1nc(C)ns1. The van der Waals surface area contributed by atoms with E-state index in [1.165, 1.54) is 0 Å². The fourth-order valence-corrected chi connectivity index (χ4v) is 2.39. The number of hydrogen-bond acceptors (Lipinski definition) is 5. The molecule has 0 aliphatic rings. The Kier molecular flexibility index (Phi) is 2.24. The average Bonchev–Trinajstić information content (AvgIpc) is 2.36. The molecule has 0 aliphatic heterocycles. The van der Waals surface area contributed by atoms with Crippen LogP contribution in [0.4, 0.5) is 0 Å². The Morgan fingerprint density at radius 3 is 2.55 bits per heavy atom. The molecule has 0 bridgehead atoms. The summed E-state index contributed by atoms with van der Waals surface area (Å²) in [5, 5.41) is 0. The molecule has 0 unspecified atom stereocenters. The Morgan fingerprint density at radius 1 is 1.55 bits per heavy atom. The number of hydrogen-bond donors (Lipinski definition) is 0. The second kappa shape index (κ2) is 2.86. The topological polar surface area (TPSA) is 59.9 Å². The van der Waals surface area contributed by atoms with E-state index in [1.807, 2.05) is 0 Å². The minimum atomic E-state index is -3.13. The van der Waals surface area contributed by atoms with Gasteiger partial charge in [0.2, 0.25) is 14.2 Å². The lowest BCUT2D eigenvalue weighted by atomic mass is 10.8. The van der Waals surface area contributed by atoms with Crippen molar-refractivity contribution in [3.8, 4) is 0 Å². The van der Waals surface area contributed by atoms with Crippen molar-refractivity contribution in [2.45, 2.75) is 18.2 Å². The van der Waals surface area contributed by atoms with E-state index >= 15 is 0 Å². The monoisotopic (exact) mass is 192 g/mol. The van der Waals surface area contributed by atoms with Crippen molar-refractivity contribution in [3.63, 3.8) is 0 Å². The second-order valence-corrected chi connectivity index (χ2v) is 5.21. The van der Waals surface area contributed by atoms with Crippen LogP contribution < -0.4 is 0 Å². The van der Waals surface area contributed by atoms with Gasteiger partial charge in [0, 0.05) is 0 Å². The van der Waals surface area contributed by atoms with Crippen molar-refractivity contribution in [2.24, 2.45) is 0 Å². The molecular formula is C5H8N2O2S2. The van der Waals surface area contributed by atoms with E-state index in [2.05, 4.69) is 9.36 Å². The molecule has 0 radical (unpaired) electrons. The third-order valence-corrected chi connectivity index (χ3v) is 4.13. The van der Waals surface area contributed by atoms with Crippen LogP contribution in [0.25, 0.3) is 0 Å². The summed E-state index contributed by atoms with van der Waals surface area (Å²) < 4.78 is 26.1. The number of rotatable bonds is 2. The van der Waals surface area contributed by atoms with Gasteiger partial charge >= 0.3 is 0 Å². The molecule has 0 amide bonds. The Labute approximate surface area is 69.4 Å². The van der Waals surface area contributed by atoms with Crippen LogP contribution in [-0.2, 0) is 9.84 Å². The van der Waals surface area contributed by atoms with Crippen LogP contribution in [0.15, 0.2) is 4.34 Å². The standard InChI is InChI=1S/C5H8N2O2S2/c1-3-11(8,9)5-6-4(2)7-10-5/h3H2,1-2H3. The molecule has 0 fully saturated rings. The highest BCUT2D eigenvalue weighted by Gasteiger charge is 2.15. The predicted molar refractivity (Wildman–Crippen MR) is 42.4 cm³/mol. The molecule has 6 heteroatoms. The van der Waals surface area contributed by atoms with Crippen molar-refractivity contribution in [1.82, 2.24) is 9.36 Å². The second-order valence-electron chi connectivity index (χ2n) is 2.01. The molecule has 0 N–H and O–H groups in total. The molecule has 1 heterocycles. The Balaban J connectivity index is 3.13. The Hall–Kier alpha value is -0.490. The van der Waals surface area contributed by atoms with Gasteiger partial charge in [-0.3, -0.25) is 0 Å². The van der Waals surface area contributed by atoms with Gasteiger partial charge in [0.1, 0.15) is 5.82 Å². The lowest BCUT2D eigenvalue weighted by Gasteiger charge is -1.90. The highest BCUT2D eigenvalue weighted by atomic mass is 32.2. The van der Waals surface area contributed by atoms with E-state index in [1.54, 1.807) is 13.8 Å². The van der Waals surface area contributed by atoms with Gasteiger partial charge < -0.3 is 0 Å². The summed E-state index contributed by atoms with van der Waals surface area (Å²) >= 11 is 0.932. The minimum Gasteiger partial charge on any atom is -0.221 e. The van der Waals surface area contributed by atoms with Crippen molar-refractivity contribution in [3.05, 3.63) is 5.82 Å². The molecule has 0 atom stereocenters. The lowest BCUT2D eigenvalue weighted by Crippen LogP contribution is -2.02. The molecule has 0 saturated heterocycles. The minimum absolute atomic E-state index is 0.0850. The molecule has 11 heavy (non-hydrogen) atoms. The third kappa shape index (κ3) is 1.75. The van der Waals surface area contributed by atoms with Crippen LogP contribution >= 0.6 is 11.5 Å². The van der Waals surface area contributed by atoms with E-state index in [-0.39, 0.29) is 10.1 Å². The van der Waals surface area contributed by atoms with Gasteiger partial charge in [-0.1, -0.05) is 6.92 Å². The fraction of sp³-hybridized carbons (Fsp3) is 0.600. The molecule has 62 valence electrons. The van der Waals surface area contributed by atoms with Gasteiger partial charge in [0.15, 0.2) is 0 Å². The van der Waals surface area contributed by atoms with Gasteiger partial charge in [-0.05, 0) is 18.5 Å². The van der Waals surface area contributed by atoms with E-state index in [9.17, 15) is 8.42 Å². The number of aryl methyl sites for hydroxylation is 1. The maximum absolute atomic E-state index is 11.1. The zero-order valence-electron chi connectivity index (χ0n) is 6.23. The maximum Gasteiger partial charge on any atom is 0.228 e. The molecular weight excluding hydrogens is 184 g/mol. The summed E-state index contributed by atoms with van der Waals surface area (Å²) in [5.74, 6) is 0.601. The maximum atomic E-state index is 11.1. The van der Waals surface area contributed by atoms with Crippen LogP contribution in [0.3, 0.4) is 0 Å². The molecule has 4 nitrogen and oxygen atoms in total. The largest absolute Gasteiger partial charge is 0.228 e.